The first-order valence-electron chi connectivity index (χ1n) is 3.79. The molecule has 0 heterocycles. The summed E-state index contributed by atoms with van der Waals surface area (Å²) in [6.45, 7) is 1.97. The molecular formula is C9H8FO3-. The van der Waals surface area contributed by atoms with Crippen LogP contribution in [0.2, 0.25) is 0 Å². The molecule has 0 aliphatic heterocycles. The van der Waals surface area contributed by atoms with E-state index in [2.05, 4.69) is 0 Å². The summed E-state index contributed by atoms with van der Waals surface area (Å²) >= 11 is 0. The van der Waals surface area contributed by atoms with Gasteiger partial charge < -0.3 is 14.6 Å². The first-order valence-corrected chi connectivity index (χ1v) is 3.79. The lowest BCUT2D eigenvalue weighted by Crippen LogP contribution is -2.23. The molecule has 70 valence electrons. The molecule has 4 heteroatoms. The molecule has 0 unspecified atom stereocenters. The van der Waals surface area contributed by atoms with E-state index in [1.165, 1.54) is 12.1 Å². The number of aromatic carboxylic acids is 1. The van der Waals surface area contributed by atoms with Gasteiger partial charge in [0.25, 0.3) is 0 Å². The van der Waals surface area contributed by atoms with Crippen molar-refractivity contribution in [2.24, 2.45) is 0 Å². The van der Waals surface area contributed by atoms with Crippen LogP contribution in [0.4, 0.5) is 4.39 Å². The van der Waals surface area contributed by atoms with E-state index in [9.17, 15) is 14.3 Å². The first kappa shape index (κ1) is 9.51. The Morgan fingerprint density at radius 2 is 2.31 bits per heavy atom. The number of ether oxygens (including phenoxy) is 1. The molecule has 0 fully saturated rings. The summed E-state index contributed by atoms with van der Waals surface area (Å²) in [5.74, 6) is -2.49. The van der Waals surface area contributed by atoms with Gasteiger partial charge in [0.1, 0.15) is 0 Å². The highest BCUT2D eigenvalue weighted by Crippen LogP contribution is 2.19. The summed E-state index contributed by atoms with van der Waals surface area (Å²) in [6, 6.07) is 3.90. The van der Waals surface area contributed by atoms with E-state index in [1.807, 2.05) is 0 Å². The molecule has 1 aromatic rings. The van der Waals surface area contributed by atoms with Crippen molar-refractivity contribution in [3.63, 3.8) is 0 Å². The fourth-order valence-electron chi connectivity index (χ4n) is 0.935. The summed E-state index contributed by atoms with van der Waals surface area (Å²) in [6.07, 6.45) is 0. The number of carboxylic acids is 1. The molecule has 1 aromatic carbocycles. The Morgan fingerprint density at radius 3 is 2.85 bits per heavy atom. The van der Waals surface area contributed by atoms with E-state index in [0.29, 0.717) is 0 Å². The van der Waals surface area contributed by atoms with Crippen LogP contribution in [0.25, 0.3) is 0 Å². The zero-order valence-corrected chi connectivity index (χ0v) is 7.04. The molecular weight excluding hydrogens is 175 g/mol. The van der Waals surface area contributed by atoms with Crippen molar-refractivity contribution in [1.82, 2.24) is 0 Å². The van der Waals surface area contributed by atoms with Crippen LogP contribution >= 0.6 is 0 Å². The molecule has 0 aliphatic carbocycles. The van der Waals surface area contributed by atoms with Crippen LogP contribution in [0.1, 0.15) is 17.3 Å². The quantitative estimate of drug-likeness (QED) is 0.689. The van der Waals surface area contributed by atoms with Gasteiger partial charge in [0.05, 0.1) is 12.6 Å². The van der Waals surface area contributed by atoms with Crippen molar-refractivity contribution in [3.8, 4) is 5.75 Å². The minimum atomic E-state index is -1.54. The monoisotopic (exact) mass is 183 g/mol. The molecule has 13 heavy (non-hydrogen) atoms. The van der Waals surface area contributed by atoms with Gasteiger partial charge in [0.15, 0.2) is 11.6 Å². The van der Waals surface area contributed by atoms with Crippen LogP contribution in [0.15, 0.2) is 18.2 Å². The van der Waals surface area contributed by atoms with Gasteiger partial charge in [-0.3, -0.25) is 0 Å². The Balaban J connectivity index is 3.10. The molecule has 0 aromatic heterocycles. The fraction of sp³-hybridized carbons (Fsp3) is 0.222. The average molecular weight is 183 g/mol. The van der Waals surface area contributed by atoms with Crippen LogP contribution in [0.3, 0.4) is 0 Å². The standard InChI is InChI=1S/C9H9FO3/c1-2-13-7-5-3-4-6(8(7)10)9(11)12/h3-5H,2H2,1H3,(H,11,12)/p-1. The Labute approximate surface area is 74.8 Å². The van der Waals surface area contributed by atoms with Gasteiger partial charge >= 0.3 is 0 Å². The molecule has 3 nitrogen and oxygen atoms in total. The molecule has 0 N–H and O–H groups in total. The normalized spacial score (nSPS) is 9.69. The van der Waals surface area contributed by atoms with Crippen molar-refractivity contribution in [2.45, 2.75) is 6.92 Å². The second kappa shape index (κ2) is 3.89. The molecule has 0 saturated heterocycles. The molecule has 0 bridgehead atoms. The maximum Gasteiger partial charge on any atom is 0.174 e. The highest BCUT2D eigenvalue weighted by atomic mass is 19.1. The highest BCUT2D eigenvalue weighted by molar-refractivity contribution is 5.86. The van der Waals surface area contributed by atoms with E-state index in [0.717, 1.165) is 6.07 Å². The minimum Gasteiger partial charge on any atom is -0.545 e. The van der Waals surface area contributed by atoms with Gasteiger partial charge in [-0.25, -0.2) is 4.39 Å². The summed E-state index contributed by atoms with van der Waals surface area (Å²) in [7, 11) is 0. The maximum absolute atomic E-state index is 13.2. The van der Waals surface area contributed by atoms with Gasteiger partial charge in [-0.1, -0.05) is 6.07 Å². The van der Waals surface area contributed by atoms with E-state index in [1.54, 1.807) is 6.92 Å². The van der Waals surface area contributed by atoms with Crippen LogP contribution in [0.5, 0.6) is 5.75 Å². The van der Waals surface area contributed by atoms with Gasteiger partial charge in [0, 0.05) is 5.56 Å². The van der Waals surface area contributed by atoms with Crippen molar-refractivity contribution in [1.29, 1.82) is 0 Å². The fourth-order valence-corrected chi connectivity index (χ4v) is 0.935. The zero-order chi connectivity index (χ0) is 9.84. The number of hydrogen-bond acceptors (Lipinski definition) is 3. The van der Waals surface area contributed by atoms with Gasteiger partial charge in [0.2, 0.25) is 0 Å². The van der Waals surface area contributed by atoms with Gasteiger partial charge in [-0.05, 0) is 19.1 Å². The predicted octanol–water partition coefficient (Wildman–Crippen LogP) is 0.588. The lowest BCUT2D eigenvalue weighted by molar-refractivity contribution is -0.255. The smallest absolute Gasteiger partial charge is 0.174 e. The second-order valence-corrected chi connectivity index (χ2v) is 2.34. The number of carboxylic acid groups (broad SMARTS) is 1. The van der Waals surface area contributed by atoms with Crippen LogP contribution < -0.4 is 9.84 Å². The summed E-state index contributed by atoms with van der Waals surface area (Å²) < 4.78 is 18.0. The largest absolute Gasteiger partial charge is 0.545 e. The second-order valence-electron chi connectivity index (χ2n) is 2.34. The molecule has 0 aliphatic rings. The van der Waals surface area contributed by atoms with Crippen molar-refractivity contribution < 1.29 is 19.0 Å². The molecule has 0 amide bonds. The summed E-state index contributed by atoms with van der Waals surface area (Å²) in [4.78, 5) is 10.4. The molecule has 0 atom stereocenters. The number of carbonyl (C=O) groups excluding carboxylic acids is 1. The Bertz CT molecular complexity index is 323. The van der Waals surface area contributed by atoms with E-state index >= 15 is 0 Å². The number of carbonyl (C=O) groups is 1. The molecule has 1 rings (SSSR count). The number of benzene rings is 1. The van der Waals surface area contributed by atoms with Crippen LogP contribution in [-0.4, -0.2) is 12.6 Å². The van der Waals surface area contributed by atoms with E-state index in [-0.39, 0.29) is 12.4 Å². The van der Waals surface area contributed by atoms with Crippen LogP contribution in [-0.2, 0) is 0 Å². The third-order valence-electron chi connectivity index (χ3n) is 1.48. The number of halogens is 1. The van der Waals surface area contributed by atoms with Crippen LogP contribution in [0, 0.1) is 5.82 Å². The zero-order valence-electron chi connectivity index (χ0n) is 7.04. The minimum absolute atomic E-state index is 0.0656. The third kappa shape index (κ3) is 1.96. The molecule has 0 saturated carbocycles. The number of rotatable bonds is 3. The van der Waals surface area contributed by atoms with E-state index < -0.39 is 17.3 Å². The average Bonchev–Trinajstić information content (AvgIpc) is 2.08. The van der Waals surface area contributed by atoms with Gasteiger partial charge in [-0.2, -0.15) is 0 Å². The summed E-state index contributed by atoms with van der Waals surface area (Å²) in [5, 5.41) is 10.4. The van der Waals surface area contributed by atoms with Crippen molar-refractivity contribution in [3.05, 3.63) is 29.6 Å². The topological polar surface area (TPSA) is 49.4 Å². The Morgan fingerprint density at radius 1 is 1.62 bits per heavy atom. The lowest BCUT2D eigenvalue weighted by atomic mass is 10.2. The van der Waals surface area contributed by atoms with Gasteiger partial charge in [-0.15, -0.1) is 0 Å². The maximum atomic E-state index is 13.2. The highest BCUT2D eigenvalue weighted by Gasteiger charge is 2.08. The van der Waals surface area contributed by atoms with Crippen molar-refractivity contribution in [2.75, 3.05) is 6.61 Å². The number of hydrogen-bond donors (Lipinski definition) is 0. The molecule has 0 radical (unpaired) electrons. The lowest BCUT2D eigenvalue weighted by Gasteiger charge is -2.08. The summed E-state index contributed by atoms with van der Waals surface area (Å²) in [5.41, 5.74) is -0.481. The SMILES string of the molecule is CCOc1cccc(C(=O)[O-])c1F. The Kier molecular flexibility index (Phi) is 2.84. The van der Waals surface area contributed by atoms with Crippen molar-refractivity contribution >= 4 is 5.97 Å². The van der Waals surface area contributed by atoms with E-state index in [4.69, 9.17) is 4.74 Å². The molecule has 0 spiro atoms. The first-order chi connectivity index (χ1) is 6.16. The third-order valence-corrected chi connectivity index (χ3v) is 1.48. The Hall–Kier alpha value is -1.58. The predicted molar refractivity (Wildman–Crippen MR) is 41.9 cm³/mol.